The summed E-state index contributed by atoms with van der Waals surface area (Å²) in [7, 11) is 0. The van der Waals surface area contributed by atoms with E-state index in [1.54, 1.807) is 11.1 Å². The molecule has 2 bridgehead atoms. The smallest absolute Gasteiger partial charge is 0.0234 e. The summed E-state index contributed by atoms with van der Waals surface area (Å²) in [6.45, 7) is 3.55. The van der Waals surface area contributed by atoms with E-state index in [1.807, 2.05) is 0 Å². The Bertz CT molecular complexity index is 550. The molecule has 2 aromatic carbocycles. The highest BCUT2D eigenvalue weighted by Crippen LogP contribution is 2.45. The van der Waals surface area contributed by atoms with E-state index in [0.717, 1.165) is 18.4 Å². The number of piperidine rings is 1. The summed E-state index contributed by atoms with van der Waals surface area (Å²) in [5.74, 6) is 1.53. The van der Waals surface area contributed by atoms with Gasteiger partial charge in [-0.25, -0.2) is 0 Å². The highest BCUT2D eigenvalue weighted by atomic mass is 35.5. The summed E-state index contributed by atoms with van der Waals surface area (Å²) in [5, 5.41) is 0. The topological polar surface area (TPSA) is 3.24 Å². The van der Waals surface area contributed by atoms with E-state index in [0.29, 0.717) is 0 Å². The zero-order valence-corrected chi connectivity index (χ0v) is 12.4. The molecule has 0 amide bonds. The Labute approximate surface area is 127 Å². The van der Waals surface area contributed by atoms with Gasteiger partial charge >= 0.3 is 0 Å². The van der Waals surface area contributed by atoms with E-state index in [4.69, 9.17) is 0 Å². The second-order valence-corrected chi connectivity index (χ2v) is 5.94. The van der Waals surface area contributed by atoms with E-state index < -0.39 is 0 Å². The molecule has 1 heterocycles. The zero-order valence-electron chi connectivity index (χ0n) is 11.5. The van der Waals surface area contributed by atoms with Crippen LogP contribution in [0.3, 0.4) is 0 Å². The molecule has 0 spiro atoms. The van der Waals surface area contributed by atoms with Crippen LogP contribution < -0.4 is 0 Å². The highest BCUT2D eigenvalue weighted by molar-refractivity contribution is 5.85. The lowest BCUT2D eigenvalue weighted by molar-refractivity contribution is 0.195. The van der Waals surface area contributed by atoms with Crippen LogP contribution in [0.15, 0.2) is 54.6 Å². The Morgan fingerprint density at radius 3 is 1.95 bits per heavy atom. The van der Waals surface area contributed by atoms with Gasteiger partial charge in [0.1, 0.15) is 0 Å². The first-order valence-electron chi connectivity index (χ1n) is 7.25. The molecule has 1 aliphatic heterocycles. The molecular formula is C18H20ClN. The number of nitrogens with zero attached hydrogens (tertiary/aromatic N) is 1. The standard InChI is InChI=1S/C18H19N.ClH/c1-2-6-14(7-3-1)11-19-12-15-10-16(13-19)18-9-5-4-8-17(15)18;/h1-9,15-16H,10-13H2;1H. The van der Waals surface area contributed by atoms with E-state index in [-0.39, 0.29) is 12.4 Å². The van der Waals surface area contributed by atoms with E-state index >= 15 is 0 Å². The lowest BCUT2D eigenvalue weighted by Crippen LogP contribution is -2.34. The molecule has 2 aliphatic rings. The van der Waals surface area contributed by atoms with Crippen LogP contribution >= 0.6 is 12.4 Å². The van der Waals surface area contributed by atoms with Crippen molar-refractivity contribution in [3.05, 3.63) is 71.3 Å². The zero-order chi connectivity index (χ0) is 12.7. The Kier molecular flexibility index (Phi) is 3.82. The van der Waals surface area contributed by atoms with Crippen LogP contribution in [0.1, 0.15) is 34.9 Å². The average Bonchev–Trinajstić information content (AvgIpc) is 2.72. The van der Waals surface area contributed by atoms with Crippen LogP contribution in [0, 0.1) is 0 Å². The molecule has 0 N–H and O–H groups in total. The van der Waals surface area contributed by atoms with Crippen LogP contribution in [0.25, 0.3) is 0 Å². The first-order valence-corrected chi connectivity index (χ1v) is 7.25. The minimum Gasteiger partial charge on any atom is -0.298 e. The molecule has 0 radical (unpaired) electrons. The van der Waals surface area contributed by atoms with Gasteiger partial charge in [0, 0.05) is 19.6 Å². The van der Waals surface area contributed by atoms with Crippen LogP contribution in [-0.2, 0) is 6.54 Å². The van der Waals surface area contributed by atoms with Crippen LogP contribution in [0.5, 0.6) is 0 Å². The summed E-state index contributed by atoms with van der Waals surface area (Å²) >= 11 is 0. The van der Waals surface area contributed by atoms with E-state index in [2.05, 4.69) is 59.5 Å². The molecule has 20 heavy (non-hydrogen) atoms. The summed E-state index contributed by atoms with van der Waals surface area (Å²) < 4.78 is 0. The predicted molar refractivity (Wildman–Crippen MR) is 85.5 cm³/mol. The molecular weight excluding hydrogens is 266 g/mol. The number of hydrogen-bond acceptors (Lipinski definition) is 1. The van der Waals surface area contributed by atoms with Crippen molar-refractivity contribution < 1.29 is 0 Å². The van der Waals surface area contributed by atoms with Crippen molar-refractivity contribution in [1.29, 1.82) is 0 Å². The van der Waals surface area contributed by atoms with Gasteiger partial charge in [0.2, 0.25) is 0 Å². The quantitative estimate of drug-likeness (QED) is 0.799. The van der Waals surface area contributed by atoms with Crippen molar-refractivity contribution in [3.63, 3.8) is 0 Å². The van der Waals surface area contributed by atoms with Crippen molar-refractivity contribution >= 4 is 12.4 Å². The lowest BCUT2D eigenvalue weighted by atomic mass is 9.95. The maximum atomic E-state index is 2.63. The van der Waals surface area contributed by atoms with Gasteiger partial charge in [-0.05, 0) is 34.9 Å². The molecule has 1 aliphatic carbocycles. The third-order valence-electron chi connectivity index (χ3n) is 4.65. The third kappa shape index (κ3) is 2.36. The fourth-order valence-corrected chi connectivity index (χ4v) is 3.87. The third-order valence-corrected chi connectivity index (χ3v) is 4.65. The van der Waals surface area contributed by atoms with Crippen molar-refractivity contribution in [2.75, 3.05) is 13.1 Å². The monoisotopic (exact) mass is 285 g/mol. The van der Waals surface area contributed by atoms with Gasteiger partial charge in [0.05, 0.1) is 0 Å². The van der Waals surface area contributed by atoms with Crippen molar-refractivity contribution in [2.45, 2.75) is 24.8 Å². The van der Waals surface area contributed by atoms with E-state index in [1.165, 1.54) is 25.1 Å². The Balaban J connectivity index is 0.00000121. The number of benzene rings is 2. The summed E-state index contributed by atoms with van der Waals surface area (Å²) in [4.78, 5) is 2.63. The molecule has 104 valence electrons. The largest absolute Gasteiger partial charge is 0.298 e. The average molecular weight is 286 g/mol. The number of hydrogen-bond donors (Lipinski definition) is 0. The Morgan fingerprint density at radius 2 is 1.35 bits per heavy atom. The van der Waals surface area contributed by atoms with E-state index in [9.17, 15) is 0 Å². The number of fused-ring (bicyclic) bond motifs is 5. The number of halogens is 1. The van der Waals surface area contributed by atoms with Gasteiger partial charge < -0.3 is 0 Å². The molecule has 2 unspecified atom stereocenters. The lowest BCUT2D eigenvalue weighted by Gasteiger charge is -2.32. The van der Waals surface area contributed by atoms with Crippen molar-refractivity contribution in [2.24, 2.45) is 0 Å². The fourth-order valence-electron chi connectivity index (χ4n) is 3.87. The first kappa shape index (κ1) is 13.7. The molecule has 0 aromatic heterocycles. The molecule has 4 rings (SSSR count). The Hall–Kier alpha value is -1.31. The number of likely N-dealkylation sites (tertiary alicyclic amines) is 1. The second kappa shape index (κ2) is 5.59. The van der Waals surface area contributed by atoms with Crippen LogP contribution in [-0.4, -0.2) is 18.0 Å². The Morgan fingerprint density at radius 1 is 0.800 bits per heavy atom. The molecule has 1 saturated heterocycles. The van der Waals surface area contributed by atoms with Gasteiger partial charge in [0.25, 0.3) is 0 Å². The fraction of sp³-hybridized carbons (Fsp3) is 0.333. The maximum Gasteiger partial charge on any atom is 0.0234 e. The molecule has 2 aromatic rings. The van der Waals surface area contributed by atoms with Crippen LogP contribution in [0.4, 0.5) is 0 Å². The van der Waals surface area contributed by atoms with Gasteiger partial charge in [-0.1, -0.05) is 54.6 Å². The second-order valence-electron chi connectivity index (χ2n) is 5.94. The van der Waals surface area contributed by atoms with Gasteiger partial charge in [-0.15, -0.1) is 12.4 Å². The van der Waals surface area contributed by atoms with Gasteiger partial charge in [-0.2, -0.15) is 0 Å². The molecule has 1 nitrogen and oxygen atoms in total. The molecule has 2 heteroatoms. The summed E-state index contributed by atoms with van der Waals surface area (Å²) in [6.07, 6.45) is 1.37. The van der Waals surface area contributed by atoms with Crippen LogP contribution in [0.2, 0.25) is 0 Å². The highest BCUT2D eigenvalue weighted by Gasteiger charge is 2.36. The molecule has 1 fully saturated rings. The molecule has 2 atom stereocenters. The van der Waals surface area contributed by atoms with Gasteiger partial charge in [0.15, 0.2) is 0 Å². The maximum absolute atomic E-state index is 2.63. The summed E-state index contributed by atoms with van der Waals surface area (Å²) in [6, 6.07) is 19.9. The minimum absolute atomic E-state index is 0. The molecule has 0 saturated carbocycles. The van der Waals surface area contributed by atoms with Gasteiger partial charge in [-0.3, -0.25) is 4.90 Å². The first-order chi connectivity index (χ1) is 9.40. The number of rotatable bonds is 2. The normalized spacial score (nSPS) is 24.0. The predicted octanol–water partition coefficient (Wildman–Crippen LogP) is 4.20. The van der Waals surface area contributed by atoms with Crippen molar-refractivity contribution in [3.8, 4) is 0 Å². The SMILES string of the molecule is Cl.c1ccc(CN2CC3CC(C2)c2ccccc23)cc1. The summed E-state index contributed by atoms with van der Waals surface area (Å²) in [5.41, 5.74) is 4.67. The minimum atomic E-state index is 0. The van der Waals surface area contributed by atoms with Crippen molar-refractivity contribution in [1.82, 2.24) is 4.90 Å².